The zero-order chi connectivity index (χ0) is 23.4. The van der Waals surface area contributed by atoms with Crippen molar-refractivity contribution in [2.45, 2.75) is 0 Å². The molecule has 0 aliphatic carbocycles. The summed E-state index contributed by atoms with van der Waals surface area (Å²) in [6, 6.07) is 29.0. The van der Waals surface area contributed by atoms with Gasteiger partial charge in [-0.05, 0) is 23.8 Å². The van der Waals surface area contributed by atoms with E-state index < -0.39 is 10.2 Å². The molecule has 0 saturated carbocycles. The molecule has 0 amide bonds. The van der Waals surface area contributed by atoms with Gasteiger partial charge in [-0.3, -0.25) is 0 Å². The second-order valence-corrected chi connectivity index (χ2v) is 8.11. The molecule has 2 aliphatic rings. The normalized spacial score (nSPS) is 14.9. The topological polar surface area (TPSA) is 104 Å². The smallest absolute Gasteiger partial charge is 0.213 e. The van der Waals surface area contributed by atoms with Crippen LogP contribution in [-0.4, -0.2) is 17.8 Å². The molecule has 5 rings (SSSR count). The van der Waals surface area contributed by atoms with Crippen LogP contribution in [0.15, 0.2) is 103 Å². The molecule has 0 N–H and O–H groups in total. The number of benzene rings is 3. The highest BCUT2D eigenvalue weighted by molar-refractivity contribution is 6.15. The van der Waals surface area contributed by atoms with Crippen LogP contribution >= 0.6 is 0 Å². The van der Waals surface area contributed by atoms with Crippen molar-refractivity contribution in [3.8, 4) is 0 Å². The van der Waals surface area contributed by atoms with Crippen LogP contribution in [0.4, 0.5) is 5.69 Å². The highest BCUT2D eigenvalue weighted by Gasteiger charge is 2.26. The van der Waals surface area contributed by atoms with Gasteiger partial charge in [0.05, 0.1) is 11.1 Å². The lowest BCUT2D eigenvalue weighted by Gasteiger charge is -2.19. The summed E-state index contributed by atoms with van der Waals surface area (Å²) in [5.41, 5.74) is 6.97. The van der Waals surface area contributed by atoms with Gasteiger partial charge in [-0.15, -0.1) is 10.2 Å². The van der Waals surface area contributed by atoms with Gasteiger partial charge in [-0.2, -0.15) is 0 Å². The Labute approximate surface area is 193 Å². The maximum Gasteiger partial charge on any atom is 0.213 e. The van der Waals surface area contributed by atoms with Crippen LogP contribution in [0.5, 0.6) is 0 Å². The molecule has 166 valence electrons. The van der Waals surface area contributed by atoms with Crippen molar-refractivity contribution in [1.29, 1.82) is 0 Å². The first-order valence-electron chi connectivity index (χ1n) is 10.0. The highest BCUT2D eigenvalue weighted by atomic mass is 35.7. The van der Waals surface area contributed by atoms with E-state index in [4.69, 9.17) is 23.4 Å². The number of hydrogen-bond donors (Lipinski definition) is 0. The first-order chi connectivity index (χ1) is 15.8. The molecule has 7 heteroatoms. The summed E-state index contributed by atoms with van der Waals surface area (Å²) in [6.07, 6.45) is 6.48. The van der Waals surface area contributed by atoms with Crippen LogP contribution in [0, 0.1) is 10.2 Å². The van der Waals surface area contributed by atoms with Crippen molar-refractivity contribution >= 4 is 29.0 Å². The third-order valence-corrected chi connectivity index (χ3v) is 5.12. The van der Waals surface area contributed by atoms with Crippen molar-refractivity contribution in [3.05, 3.63) is 119 Å². The molecule has 0 unspecified atom stereocenters. The minimum absolute atomic E-state index is 0.866. The molecule has 0 bridgehead atoms. The fourth-order valence-corrected chi connectivity index (χ4v) is 3.72. The average molecular weight is 462 g/mol. The molecule has 0 spiro atoms. The van der Waals surface area contributed by atoms with E-state index >= 15 is 0 Å². The summed E-state index contributed by atoms with van der Waals surface area (Å²) >= 11 is 0. The number of nitrogens with zero attached hydrogens (tertiary/aromatic N) is 1. The van der Waals surface area contributed by atoms with E-state index in [0.717, 1.165) is 28.2 Å². The van der Waals surface area contributed by atoms with Crippen molar-refractivity contribution in [2.75, 3.05) is 7.05 Å². The summed E-state index contributed by atoms with van der Waals surface area (Å²) < 4.78 is 42.5. The molecule has 0 saturated heterocycles. The fourth-order valence-electron chi connectivity index (χ4n) is 3.72. The Morgan fingerprint density at radius 2 is 1.12 bits per heavy atom. The third-order valence-electron chi connectivity index (χ3n) is 5.12. The molecule has 0 radical (unpaired) electrons. The van der Waals surface area contributed by atoms with Gasteiger partial charge >= 0.3 is 0 Å². The van der Waals surface area contributed by atoms with Crippen LogP contribution in [0.2, 0.25) is 0 Å². The zero-order valence-corrected chi connectivity index (χ0v) is 18.4. The van der Waals surface area contributed by atoms with Crippen molar-refractivity contribution < 1.29 is 38.2 Å². The zero-order valence-electron chi connectivity index (χ0n) is 17.7. The van der Waals surface area contributed by atoms with Crippen LogP contribution < -0.4 is 18.6 Å². The lowest BCUT2D eigenvalue weighted by molar-refractivity contribution is -2.00. The Morgan fingerprint density at radius 3 is 1.64 bits per heavy atom. The summed E-state index contributed by atoms with van der Waals surface area (Å²) in [5.74, 6) is 1.73. The van der Waals surface area contributed by atoms with Crippen molar-refractivity contribution in [3.63, 3.8) is 0 Å². The molecule has 3 aromatic carbocycles. The molecule has 2 heterocycles. The monoisotopic (exact) mass is 461 g/mol. The number of ether oxygens (including phenoxy) is 1. The van der Waals surface area contributed by atoms with Crippen molar-refractivity contribution in [2.24, 2.45) is 0 Å². The SMILES string of the molecule is C[N+]1=CC(=C2C=C(c3ccccc3)OC(c3ccccc3)=C2)c2ccccc21.[O-][Cl+3]([O-])([O-])[O-]. The van der Waals surface area contributed by atoms with Gasteiger partial charge in [-0.1, -0.05) is 72.8 Å². The summed E-state index contributed by atoms with van der Waals surface area (Å²) in [7, 11) is -2.85. The number of para-hydroxylation sites is 1. The van der Waals surface area contributed by atoms with Gasteiger partial charge < -0.3 is 4.74 Å². The third kappa shape index (κ3) is 5.64. The van der Waals surface area contributed by atoms with Gasteiger partial charge in [-0.25, -0.2) is 23.2 Å². The van der Waals surface area contributed by atoms with Gasteiger partial charge in [0.25, 0.3) is 0 Å². The Balaban J connectivity index is 0.000000471. The van der Waals surface area contributed by atoms with Gasteiger partial charge in [0.1, 0.15) is 18.6 Å². The fraction of sp³-hybridized carbons (Fsp3) is 0.0385. The molecular formula is C26H20ClNO5. The largest absolute Gasteiger partial charge is 0.456 e. The molecular weight excluding hydrogens is 442 g/mol. The lowest BCUT2D eigenvalue weighted by Crippen LogP contribution is -2.68. The standard InChI is InChI=1S/C26H20NO.ClHO4/c1-27-18-23(22-14-8-9-15-24(22)27)21-16-25(19-10-4-2-5-11-19)28-26(17-21)20-12-6-3-7-13-20;2-1(3,4)5/h2-18H,1H3;(H,2,3,4,5)/q+1;/p-1. The van der Waals surface area contributed by atoms with E-state index in [2.05, 4.69) is 78.5 Å². The molecule has 0 aromatic heterocycles. The van der Waals surface area contributed by atoms with Gasteiger partial charge in [0.2, 0.25) is 5.69 Å². The minimum Gasteiger partial charge on any atom is -0.456 e. The predicted molar refractivity (Wildman–Crippen MR) is 115 cm³/mol. The lowest BCUT2D eigenvalue weighted by atomic mass is 9.97. The maximum atomic E-state index is 8.49. The van der Waals surface area contributed by atoms with Crippen LogP contribution in [0.1, 0.15) is 16.7 Å². The van der Waals surface area contributed by atoms with E-state index in [1.165, 1.54) is 16.8 Å². The molecule has 6 nitrogen and oxygen atoms in total. The number of halogens is 1. The second kappa shape index (κ2) is 9.54. The predicted octanol–water partition coefficient (Wildman–Crippen LogP) is 1.15. The first kappa shape index (κ1) is 22.7. The van der Waals surface area contributed by atoms with Crippen molar-refractivity contribution in [1.82, 2.24) is 0 Å². The van der Waals surface area contributed by atoms with E-state index in [0.29, 0.717) is 0 Å². The second-order valence-electron chi connectivity index (χ2n) is 7.36. The summed E-state index contributed by atoms with van der Waals surface area (Å²) in [4.78, 5) is 0. The quantitative estimate of drug-likeness (QED) is 0.532. The van der Waals surface area contributed by atoms with Gasteiger partial charge in [0.15, 0.2) is 6.21 Å². The van der Waals surface area contributed by atoms with Crippen LogP contribution in [0.25, 0.3) is 17.1 Å². The van der Waals surface area contributed by atoms with Gasteiger partial charge in [0, 0.05) is 17.2 Å². The van der Waals surface area contributed by atoms with E-state index in [1.807, 2.05) is 36.4 Å². The summed E-state index contributed by atoms with van der Waals surface area (Å²) in [6.45, 7) is 0. The average Bonchev–Trinajstić information content (AvgIpc) is 3.16. The minimum atomic E-state index is -4.94. The van der Waals surface area contributed by atoms with E-state index in [1.54, 1.807) is 0 Å². The highest BCUT2D eigenvalue weighted by Crippen LogP contribution is 2.38. The number of hydrogen-bond acceptors (Lipinski definition) is 5. The van der Waals surface area contributed by atoms with Crippen LogP contribution in [0.3, 0.4) is 0 Å². The Morgan fingerprint density at radius 1 is 0.667 bits per heavy atom. The maximum absolute atomic E-state index is 8.49. The Hall–Kier alpha value is -3.52. The molecule has 0 fully saturated rings. The molecule has 0 atom stereocenters. The van der Waals surface area contributed by atoms with E-state index in [9.17, 15) is 0 Å². The summed E-state index contributed by atoms with van der Waals surface area (Å²) in [5, 5.41) is 0. The first-order valence-corrected chi connectivity index (χ1v) is 11.3. The Kier molecular flexibility index (Phi) is 6.55. The van der Waals surface area contributed by atoms with Crippen LogP contribution in [-0.2, 0) is 4.74 Å². The van der Waals surface area contributed by atoms with E-state index in [-0.39, 0.29) is 0 Å². The number of rotatable bonds is 2. The molecule has 2 aliphatic heterocycles. The number of fused-ring (bicyclic) bond motifs is 1. The Bertz CT molecular complexity index is 1210. The molecule has 3 aromatic rings. The molecule has 33 heavy (non-hydrogen) atoms. The number of allylic oxidation sites excluding steroid dienone is 4.